The van der Waals surface area contributed by atoms with Crippen LogP contribution in [0.25, 0.3) is 0 Å². The zero-order valence-electron chi connectivity index (χ0n) is 11.5. The molecule has 1 unspecified atom stereocenters. The van der Waals surface area contributed by atoms with E-state index in [1.54, 1.807) is 4.90 Å². The van der Waals surface area contributed by atoms with Crippen LogP contribution in [0.5, 0.6) is 0 Å². The zero-order valence-corrected chi connectivity index (χ0v) is 11.5. The number of likely N-dealkylation sites (tertiary alicyclic amines) is 1. The van der Waals surface area contributed by atoms with Crippen molar-refractivity contribution in [2.75, 3.05) is 26.3 Å². The number of amides is 2. The summed E-state index contributed by atoms with van der Waals surface area (Å²) in [6, 6.07) is -0.0791. The van der Waals surface area contributed by atoms with E-state index < -0.39 is 5.97 Å². The van der Waals surface area contributed by atoms with Gasteiger partial charge in [0.25, 0.3) is 0 Å². The highest BCUT2D eigenvalue weighted by atomic mass is 16.5. The molecule has 0 aromatic heterocycles. The number of nitrogens with one attached hydrogen (secondary N) is 1. The Morgan fingerprint density at radius 2 is 1.95 bits per heavy atom. The standard InChI is InChI=1S/C13H22N2O4/c1-13(2)8-19-7-10(13)14-12(18)15-5-3-9(4-6-15)11(16)17/h9-10H,3-8H2,1-2H3,(H,14,18)(H,16,17). The minimum atomic E-state index is -0.759. The second kappa shape index (κ2) is 5.36. The second-order valence-electron chi connectivity index (χ2n) is 6.11. The van der Waals surface area contributed by atoms with Gasteiger partial charge < -0.3 is 20.1 Å². The molecule has 2 aliphatic rings. The summed E-state index contributed by atoms with van der Waals surface area (Å²) in [7, 11) is 0. The third-order valence-corrected chi connectivity index (χ3v) is 4.13. The summed E-state index contributed by atoms with van der Waals surface area (Å²) < 4.78 is 5.40. The van der Waals surface area contributed by atoms with Crippen molar-refractivity contribution in [3.63, 3.8) is 0 Å². The highest BCUT2D eigenvalue weighted by Gasteiger charge is 2.38. The van der Waals surface area contributed by atoms with Crippen molar-refractivity contribution in [1.29, 1.82) is 0 Å². The lowest BCUT2D eigenvalue weighted by atomic mass is 9.88. The third-order valence-electron chi connectivity index (χ3n) is 4.13. The molecule has 2 fully saturated rings. The first kappa shape index (κ1) is 14.1. The molecule has 0 aromatic rings. The molecule has 108 valence electrons. The molecule has 2 heterocycles. The van der Waals surface area contributed by atoms with Crippen LogP contribution in [0.2, 0.25) is 0 Å². The second-order valence-corrected chi connectivity index (χ2v) is 6.11. The number of carbonyl (C=O) groups is 2. The Morgan fingerprint density at radius 3 is 2.42 bits per heavy atom. The highest BCUT2D eigenvalue weighted by molar-refractivity contribution is 5.75. The van der Waals surface area contributed by atoms with E-state index in [9.17, 15) is 9.59 Å². The summed E-state index contributed by atoms with van der Waals surface area (Å²) in [5, 5.41) is 11.9. The summed E-state index contributed by atoms with van der Waals surface area (Å²) in [6.07, 6.45) is 1.07. The number of piperidine rings is 1. The minimum Gasteiger partial charge on any atom is -0.481 e. The molecular weight excluding hydrogens is 248 g/mol. The van der Waals surface area contributed by atoms with Crippen LogP contribution in [0, 0.1) is 11.3 Å². The van der Waals surface area contributed by atoms with Gasteiger partial charge in [0.1, 0.15) is 0 Å². The Labute approximate surface area is 113 Å². The van der Waals surface area contributed by atoms with Gasteiger partial charge in [-0.05, 0) is 12.8 Å². The number of rotatable bonds is 2. The summed E-state index contributed by atoms with van der Waals surface area (Å²) in [4.78, 5) is 24.7. The first-order chi connectivity index (χ1) is 8.90. The van der Waals surface area contributed by atoms with Crippen LogP contribution in [0.4, 0.5) is 4.79 Å². The smallest absolute Gasteiger partial charge is 0.317 e. The van der Waals surface area contributed by atoms with Gasteiger partial charge in [0.2, 0.25) is 0 Å². The monoisotopic (exact) mass is 270 g/mol. The SMILES string of the molecule is CC1(C)COCC1NC(=O)N1CCC(C(=O)O)CC1. The number of nitrogens with zero attached hydrogens (tertiary/aromatic N) is 1. The summed E-state index contributed by atoms with van der Waals surface area (Å²) in [5.41, 5.74) is -0.0466. The number of urea groups is 1. The van der Waals surface area contributed by atoms with Crippen molar-refractivity contribution < 1.29 is 19.4 Å². The van der Waals surface area contributed by atoms with E-state index >= 15 is 0 Å². The van der Waals surface area contributed by atoms with Crippen LogP contribution in [0.3, 0.4) is 0 Å². The fourth-order valence-corrected chi connectivity index (χ4v) is 2.57. The highest BCUT2D eigenvalue weighted by Crippen LogP contribution is 2.27. The maximum absolute atomic E-state index is 12.1. The molecule has 0 spiro atoms. The predicted octanol–water partition coefficient (Wildman–Crippen LogP) is 0.918. The third kappa shape index (κ3) is 3.18. The van der Waals surface area contributed by atoms with Gasteiger partial charge in [0.05, 0.1) is 25.2 Å². The van der Waals surface area contributed by atoms with Crippen LogP contribution in [-0.4, -0.2) is 54.4 Å². The number of carboxylic acids is 1. The first-order valence-electron chi connectivity index (χ1n) is 6.76. The van der Waals surface area contributed by atoms with Crippen molar-refractivity contribution in [3.8, 4) is 0 Å². The molecule has 19 heavy (non-hydrogen) atoms. The first-order valence-corrected chi connectivity index (χ1v) is 6.76. The van der Waals surface area contributed by atoms with Gasteiger partial charge >= 0.3 is 12.0 Å². The molecule has 0 aromatic carbocycles. The maximum atomic E-state index is 12.1. The van der Waals surface area contributed by atoms with Crippen LogP contribution in [0.15, 0.2) is 0 Å². The topological polar surface area (TPSA) is 78.9 Å². The molecule has 2 N–H and O–H groups in total. The summed E-state index contributed by atoms with van der Waals surface area (Å²) >= 11 is 0. The van der Waals surface area contributed by atoms with Gasteiger partial charge in [-0.2, -0.15) is 0 Å². The van der Waals surface area contributed by atoms with Crippen LogP contribution in [-0.2, 0) is 9.53 Å². The quantitative estimate of drug-likeness (QED) is 0.782. The van der Waals surface area contributed by atoms with Gasteiger partial charge in [-0.3, -0.25) is 4.79 Å². The van der Waals surface area contributed by atoms with Crippen molar-refractivity contribution in [3.05, 3.63) is 0 Å². The van der Waals surface area contributed by atoms with Crippen molar-refractivity contribution >= 4 is 12.0 Å². The van der Waals surface area contributed by atoms with E-state index in [4.69, 9.17) is 9.84 Å². The van der Waals surface area contributed by atoms with Gasteiger partial charge in [0, 0.05) is 18.5 Å². The van der Waals surface area contributed by atoms with Crippen molar-refractivity contribution in [2.45, 2.75) is 32.7 Å². The minimum absolute atomic E-state index is 0.0252. The van der Waals surface area contributed by atoms with Crippen molar-refractivity contribution in [2.24, 2.45) is 11.3 Å². The Hall–Kier alpha value is -1.30. The Balaban J connectivity index is 1.83. The Bertz CT molecular complexity index is 362. The molecule has 0 radical (unpaired) electrons. The molecule has 0 saturated carbocycles. The number of carboxylic acid groups (broad SMARTS) is 1. The van der Waals surface area contributed by atoms with Gasteiger partial charge in [-0.15, -0.1) is 0 Å². The Kier molecular flexibility index (Phi) is 3.99. The fourth-order valence-electron chi connectivity index (χ4n) is 2.57. The van der Waals surface area contributed by atoms with Crippen LogP contribution < -0.4 is 5.32 Å². The lowest BCUT2D eigenvalue weighted by molar-refractivity contribution is -0.143. The molecule has 2 amide bonds. The predicted molar refractivity (Wildman–Crippen MR) is 68.9 cm³/mol. The molecule has 0 bridgehead atoms. The Morgan fingerprint density at radius 1 is 1.32 bits per heavy atom. The largest absolute Gasteiger partial charge is 0.481 e. The van der Waals surface area contributed by atoms with E-state index in [2.05, 4.69) is 19.2 Å². The average molecular weight is 270 g/mol. The number of ether oxygens (including phenoxy) is 1. The number of aliphatic carboxylic acids is 1. The average Bonchev–Trinajstić information content (AvgIpc) is 2.69. The molecule has 6 nitrogen and oxygen atoms in total. The molecular formula is C13H22N2O4. The molecule has 6 heteroatoms. The van der Waals surface area contributed by atoms with Crippen molar-refractivity contribution in [1.82, 2.24) is 10.2 Å². The molecule has 2 rings (SSSR count). The zero-order chi connectivity index (χ0) is 14.0. The van der Waals surface area contributed by atoms with Crippen LogP contribution >= 0.6 is 0 Å². The van der Waals surface area contributed by atoms with E-state index in [0.717, 1.165) is 0 Å². The molecule has 0 aliphatic carbocycles. The number of hydrogen-bond donors (Lipinski definition) is 2. The summed E-state index contributed by atoms with van der Waals surface area (Å²) in [6.45, 7) is 6.36. The van der Waals surface area contributed by atoms with Crippen LogP contribution in [0.1, 0.15) is 26.7 Å². The normalized spacial score (nSPS) is 27.3. The fraction of sp³-hybridized carbons (Fsp3) is 0.846. The lowest BCUT2D eigenvalue weighted by Crippen LogP contribution is -2.52. The lowest BCUT2D eigenvalue weighted by Gasteiger charge is -2.33. The molecule has 2 aliphatic heterocycles. The van der Waals surface area contributed by atoms with Gasteiger partial charge in [0.15, 0.2) is 0 Å². The number of carbonyl (C=O) groups excluding carboxylic acids is 1. The molecule has 1 atom stereocenters. The van der Waals surface area contributed by atoms with E-state index in [0.29, 0.717) is 39.1 Å². The van der Waals surface area contributed by atoms with E-state index in [1.165, 1.54) is 0 Å². The van der Waals surface area contributed by atoms with Gasteiger partial charge in [-0.25, -0.2) is 4.79 Å². The number of hydrogen-bond acceptors (Lipinski definition) is 3. The molecule has 2 saturated heterocycles. The summed E-state index contributed by atoms with van der Waals surface area (Å²) in [5.74, 6) is -1.07. The van der Waals surface area contributed by atoms with Gasteiger partial charge in [-0.1, -0.05) is 13.8 Å². The van der Waals surface area contributed by atoms with E-state index in [-0.39, 0.29) is 23.4 Å². The van der Waals surface area contributed by atoms with E-state index in [1.807, 2.05) is 0 Å². The maximum Gasteiger partial charge on any atom is 0.317 e.